The van der Waals surface area contributed by atoms with Gasteiger partial charge >= 0.3 is 0 Å². The number of hydrogen-bond acceptors (Lipinski definition) is 5. The summed E-state index contributed by atoms with van der Waals surface area (Å²) in [5.41, 5.74) is 4.95. The lowest BCUT2D eigenvalue weighted by atomic mass is 10.1. The number of aryl methyl sites for hydroxylation is 3. The fraction of sp³-hybridized carbons (Fsp3) is 0.250. The Balaban J connectivity index is 1.76. The molecule has 0 spiro atoms. The van der Waals surface area contributed by atoms with Crippen molar-refractivity contribution >= 4 is 39.3 Å². The Labute approximate surface area is 177 Å². The molecule has 1 atom stereocenters. The fourth-order valence-corrected chi connectivity index (χ4v) is 4.23. The van der Waals surface area contributed by atoms with Crippen LogP contribution >= 0.6 is 27.7 Å². The quantitative estimate of drug-likeness (QED) is 0.434. The van der Waals surface area contributed by atoms with Crippen molar-refractivity contribution in [2.75, 3.05) is 11.2 Å². The summed E-state index contributed by atoms with van der Waals surface area (Å²) in [6.45, 7) is 7.86. The van der Waals surface area contributed by atoms with Crippen molar-refractivity contribution in [3.63, 3.8) is 0 Å². The topological polar surface area (TPSA) is 85.8 Å². The molecule has 3 rings (SSSR count). The highest BCUT2D eigenvalue weighted by atomic mass is 79.9. The zero-order valence-electron chi connectivity index (χ0n) is 16.2. The van der Waals surface area contributed by atoms with Gasteiger partial charge in [-0.3, -0.25) is 4.79 Å². The molecule has 3 N–H and O–H groups in total. The maximum atomic E-state index is 12.7. The monoisotopic (exact) mass is 459 g/mol. The van der Waals surface area contributed by atoms with Gasteiger partial charge in [-0.05, 0) is 51.0 Å². The molecule has 0 aliphatic carbocycles. The van der Waals surface area contributed by atoms with E-state index in [1.54, 1.807) is 0 Å². The number of nitrogens with two attached hydrogens (primary N) is 1. The predicted molar refractivity (Wildman–Crippen MR) is 118 cm³/mol. The number of hydrogen-bond donors (Lipinski definition) is 2. The Bertz CT molecular complexity index is 1010. The van der Waals surface area contributed by atoms with Crippen LogP contribution < -0.4 is 11.2 Å². The first-order valence-electron chi connectivity index (χ1n) is 8.78. The van der Waals surface area contributed by atoms with Crippen molar-refractivity contribution in [1.82, 2.24) is 14.9 Å². The number of aromatic nitrogens is 3. The van der Waals surface area contributed by atoms with Gasteiger partial charge in [0.1, 0.15) is 0 Å². The van der Waals surface area contributed by atoms with E-state index in [9.17, 15) is 4.79 Å². The van der Waals surface area contributed by atoms with Crippen LogP contribution in [0.1, 0.15) is 23.6 Å². The smallest absolute Gasteiger partial charge is 0.237 e. The predicted octanol–water partition coefficient (Wildman–Crippen LogP) is 4.47. The molecule has 0 saturated heterocycles. The number of nitrogens with zero attached hydrogens (tertiary/aromatic N) is 3. The number of carbonyl (C=O) groups is 1. The van der Waals surface area contributed by atoms with Crippen LogP contribution in [-0.2, 0) is 4.79 Å². The van der Waals surface area contributed by atoms with Gasteiger partial charge in [0.15, 0.2) is 5.82 Å². The van der Waals surface area contributed by atoms with Crippen molar-refractivity contribution in [1.29, 1.82) is 0 Å². The molecule has 6 nitrogen and oxygen atoms in total. The minimum atomic E-state index is -0.390. The van der Waals surface area contributed by atoms with Crippen molar-refractivity contribution < 1.29 is 4.79 Å². The van der Waals surface area contributed by atoms with Gasteiger partial charge in [-0.1, -0.05) is 57.5 Å². The zero-order chi connectivity index (χ0) is 20.4. The molecule has 28 heavy (non-hydrogen) atoms. The minimum Gasteiger partial charge on any atom is -0.335 e. The van der Waals surface area contributed by atoms with Gasteiger partial charge in [-0.25, -0.2) is 4.68 Å². The zero-order valence-corrected chi connectivity index (χ0v) is 18.6. The molecule has 1 aromatic heterocycles. The summed E-state index contributed by atoms with van der Waals surface area (Å²) < 4.78 is 2.29. The number of anilines is 1. The lowest BCUT2D eigenvalue weighted by molar-refractivity contribution is -0.115. The van der Waals surface area contributed by atoms with E-state index in [-0.39, 0.29) is 5.91 Å². The van der Waals surface area contributed by atoms with Gasteiger partial charge in [0.05, 0.1) is 5.25 Å². The molecule has 0 fully saturated rings. The maximum absolute atomic E-state index is 12.7. The lowest BCUT2D eigenvalue weighted by Gasteiger charge is -2.16. The summed E-state index contributed by atoms with van der Waals surface area (Å²) in [5, 5.41) is 11.5. The van der Waals surface area contributed by atoms with E-state index < -0.39 is 5.25 Å². The van der Waals surface area contributed by atoms with Crippen molar-refractivity contribution in [2.45, 2.75) is 38.1 Å². The number of thioether (sulfide) groups is 1. The third-order valence-electron chi connectivity index (χ3n) is 4.36. The highest BCUT2D eigenvalue weighted by Gasteiger charge is 2.21. The van der Waals surface area contributed by atoms with Crippen LogP contribution in [0.5, 0.6) is 0 Å². The Morgan fingerprint density at radius 3 is 2.46 bits per heavy atom. The van der Waals surface area contributed by atoms with E-state index in [4.69, 9.17) is 5.84 Å². The molecule has 1 amide bonds. The van der Waals surface area contributed by atoms with Gasteiger partial charge in [-0.15, -0.1) is 10.2 Å². The molecule has 0 saturated carbocycles. The van der Waals surface area contributed by atoms with E-state index in [0.717, 1.165) is 26.9 Å². The van der Waals surface area contributed by atoms with E-state index >= 15 is 0 Å². The summed E-state index contributed by atoms with van der Waals surface area (Å²) in [6, 6.07) is 11.8. The van der Waals surface area contributed by atoms with Gasteiger partial charge in [0.2, 0.25) is 11.1 Å². The largest absolute Gasteiger partial charge is 0.335 e. The summed E-state index contributed by atoms with van der Waals surface area (Å²) in [4.78, 5) is 12.7. The highest BCUT2D eigenvalue weighted by Crippen LogP contribution is 2.30. The van der Waals surface area contributed by atoms with Gasteiger partial charge in [0.25, 0.3) is 0 Å². The van der Waals surface area contributed by atoms with Crippen LogP contribution in [0.25, 0.3) is 11.4 Å². The molecule has 8 heteroatoms. The molecule has 2 aromatic carbocycles. The Hall–Kier alpha value is -2.32. The second kappa shape index (κ2) is 8.36. The number of rotatable bonds is 5. The van der Waals surface area contributed by atoms with E-state index in [0.29, 0.717) is 11.0 Å². The SMILES string of the molecule is Cc1cc(C)c(NC(=O)C(C)Sc2nnc(-c3ccccc3Br)n2N)c(C)c1. The van der Waals surface area contributed by atoms with Crippen molar-refractivity contribution in [3.8, 4) is 11.4 Å². The Morgan fingerprint density at radius 2 is 1.82 bits per heavy atom. The fourth-order valence-electron chi connectivity index (χ4n) is 3.00. The first kappa shape index (κ1) is 20.4. The number of amides is 1. The second-order valence-corrected chi connectivity index (χ2v) is 8.84. The molecule has 3 aromatic rings. The van der Waals surface area contributed by atoms with Crippen LogP contribution in [0.15, 0.2) is 46.0 Å². The average Bonchev–Trinajstić information content (AvgIpc) is 2.98. The first-order valence-corrected chi connectivity index (χ1v) is 10.5. The van der Waals surface area contributed by atoms with Crippen LogP contribution in [0.4, 0.5) is 5.69 Å². The summed E-state index contributed by atoms with van der Waals surface area (Å²) in [6.07, 6.45) is 0. The number of nitrogen functional groups attached to an aromatic ring is 1. The van der Waals surface area contributed by atoms with Crippen molar-refractivity contribution in [2.24, 2.45) is 0 Å². The van der Waals surface area contributed by atoms with E-state index in [1.807, 2.05) is 52.0 Å². The standard InChI is InChI=1S/C20H22BrN5OS/c1-11-9-12(2)17(13(3)10-11)23-19(27)14(4)28-20-25-24-18(26(20)22)15-7-5-6-8-16(15)21/h5-10,14H,22H2,1-4H3,(H,23,27). The van der Waals surface area contributed by atoms with Gasteiger partial charge < -0.3 is 11.2 Å². The van der Waals surface area contributed by atoms with Crippen LogP contribution in [-0.4, -0.2) is 26.0 Å². The van der Waals surface area contributed by atoms with E-state index in [2.05, 4.69) is 43.6 Å². The molecule has 0 radical (unpaired) electrons. The third kappa shape index (κ3) is 4.23. The van der Waals surface area contributed by atoms with Crippen molar-refractivity contribution in [3.05, 3.63) is 57.6 Å². The highest BCUT2D eigenvalue weighted by molar-refractivity contribution is 9.10. The second-order valence-electron chi connectivity index (χ2n) is 6.68. The normalized spacial score (nSPS) is 12.0. The molecular formula is C20H22BrN5OS. The molecule has 1 unspecified atom stereocenters. The summed E-state index contributed by atoms with van der Waals surface area (Å²) in [5.74, 6) is 6.62. The molecular weight excluding hydrogens is 438 g/mol. The number of nitrogens with one attached hydrogen (secondary N) is 1. The van der Waals surface area contributed by atoms with Gasteiger partial charge in [-0.2, -0.15) is 0 Å². The third-order valence-corrected chi connectivity index (χ3v) is 6.10. The number of halogens is 1. The van der Waals surface area contributed by atoms with Crippen LogP contribution in [0, 0.1) is 20.8 Å². The minimum absolute atomic E-state index is 0.106. The Morgan fingerprint density at radius 1 is 1.18 bits per heavy atom. The van der Waals surface area contributed by atoms with E-state index in [1.165, 1.54) is 22.0 Å². The maximum Gasteiger partial charge on any atom is 0.237 e. The molecule has 0 bridgehead atoms. The average molecular weight is 460 g/mol. The molecule has 146 valence electrons. The Kier molecular flexibility index (Phi) is 6.10. The molecule has 0 aliphatic heterocycles. The summed E-state index contributed by atoms with van der Waals surface area (Å²) >= 11 is 4.77. The van der Waals surface area contributed by atoms with Gasteiger partial charge in [0, 0.05) is 15.7 Å². The number of benzene rings is 2. The summed E-state index contributed by atoms with van der Waals surface area (Å²) in [7, 11) is 0. The lowest BCUT2D eigenvalue weighted by Crippen LogP contribution is -2.24. The number of carbonyl (C=O) groups excluding carboxylic acids is 1. The molecule has 0 aliphatic rings. The molecule has 1 heterocycles. The first-order chi connectivity index (χ1) is 13.3. The van der Waals surface area contributed by atoms with Crippen LogP contribution in [0.3, 0.4) is 0 Å². The van der Waals surface area contributed by atoms with Crippen LogP contribution in [0.2, 0.25) is 0 Å².